The van der Waals surface area contributed by atoms with Gasteiger partial charge >= 0.3 is 0 Å². The number of rotatable bonds is 6. The van der Waals surface area contributed by atoms with Crippen molar-refractivity contribution in [2.75, 3.05) is 19.5 Å². The average molecular weight is 292 g/mol. The van der Waals surface area contributed by atoms with Crippen molar-refractivity contribution in [3.8, 4) is 0 Å². The smallest absolute Gasteiger partial charge is 0.255 e. The van der Waals surface area contributed by atoms with Crippen LogP contribution in [-0.4, -0.2) is 30.3 Å². The van der Waals surface area contributed by atoms with E-state index in [0.717, 1.165) is 19.3 Å². The van der Waals surface area contributed by atoms with Gasteiger partial charge in [-0.2, -0.15) is 0 Å². The Hall–Kier alpha value is -0.800. The average Bonchev–Trinajstić information content (AvgIpc) is 2.37. The molecule has 0 unspecified atom stereocenters. The topological polar surface area (TPSA) is 20.3 Å². The van der Waals surface area contributed by atoms with Gasteiger partial charge in [-0.1, -0.05) is 24.1 Å². The monoisotopic (exact) mass is 291 g/mol. The summed E-state index contributed by atoms with van der Waals surface area (Å²) < 4.78 is 13.2. The minimum Gasteiger partial charge on any atom is -0.342 e. The quantitative estimate of drug-likeness (QED) is 0.574. The molecule has 0 aliphatic heterocycles. The Balaban J connectivity index is 2.60. The van der Waals surface area contributed by atoms with Crippen molar-refractivity contribution in [3.05, 3.63) is 34.6 Å². The van der Waals surface area contributed by atoms with Crippen molar-refractivity contribution < 1.29 is 9.18 Å². The molecule has 0 heterocycles. The molecule has 0 aliphatic carbocycles. The van der Waals surface area contributed by atoms with E-state index in [-0.39, 0.29) is 16.5 Å². The highest BCUT2D eigenvalue weighted by Gasteiger charge is 2.16. The molecule has 0 saturated heterocycles. The summed E-state index contributed by atoms with van der Waals surface area (Å²) in [6.07, 6.45) is 2.78. The second-order valence-corrected chi connectivity index (χ2v) is 4.83. The molecule has 0 radical (unpaired) electrons. The van der Waals surface area contributed by atoms with Crippen molar-refractivity contribution >= 4 is 29.1 Å². The normalized spacial score (nSPS) is 10.4. The highest BCUT2D eigenvalue weighted by atomic mass is 35.5. The van der Waals surface area contributed by atoms with Crippen molar-refractivity contribution in [1.29, 1.82) is 0 Å². The van der Waals surface area contributed by atoms with E-state index in [2.05, 4.69) is 0 Å². The minimum atomic E-state index is -0.571. The van der Waals surface area contributed by atoms with E-state index in [1.807, 2.05) is 0 Å². The van der Waals surface area contributed by atoms with Crippen LogP contribution in [0.15, 0.2) is 18.2 Å². The molecule has 0 saturated carbocycles. The van der Waals surface area contributed by atoms with Gasteiger partial charge in [-0.05, 0) is 25.0 Å². The van der Waals surface area contributed by atoms with Gasteiger partial charge in [0.1, 0.15) is 5.82 Å². The second-order valence-electron chi connectivity index (χ2n) is 4.08. The number of hydrogen-bond donors (Lipinski definition) is 0. The Morgan fingerprint density at radius 3 is 2.72 bits per heavy atom. The first-order valence-corrected chi connectivity index (χ1v) is 6.74. The van der Waals surface area contributed by atoms with Crippen LogP contribution >= 0.6 is 23.2 Å². The van der Waals surface area contributed by atoms with Crippen molar-refractivity contribution in [2.24, 2.45) is 0 Å². The first-order chi connectivity index (χ1) is 8.57. The largest absolute Gasteiger partial charge is 0.342 e. The molecular formula is C13H16Cl2FNO. The maximum Gasteiger partial charge on any atom is 0.255 e. The molecule has 1 rings (SSSR count). The van der Waals surface area contributed by atoms with E-state index in [1.165, 1.54) is 18.2 Å². The maximum absolute atomic E-state index is 13.2. The van der Waals surface area contributed by atoms with Crippen LogP contribution in [-0.2, 0) is 0 Å². The molecule has 0 spiro atoms. The third-order valence-electron chi connectivity index (χ3n) is 2.66. The number of amides is 1. The number of nitrogens with zero attached hydrogens (tertiary/aromatic N) is 1. The molecule has 1 amide bonds. The summed E-state index contributed by atoms with van der Waals surface area (Å²) in [5.74, 6) is -0.198. The minimum absolute atomic E-state index is 0.116. The summed E-state index contributed by atoms with van der Waals surface area (Å²) in [6, 6.07) is 4.25. The Labute approximate surface area is 117 Å². The van der Waals surface area contributed by atoms with Gasteiger partial charge < -0.3 is 4.90 Å². The van der Waals surface area contributed by atoms with Gasteiger partial charge in [-0.3, -0.25) is 4.79 Å². The lowest BCUT2D eigenvalue weighted by Gasteiger charge is -2.17. The van der Waals surface area contributed by atoms with Crippen LogP contribution in [0.3, 0.4) is 0 Å². The number of halogens is 3. The SMILES string of the molecule is CN(CCCCCCl)C(=O)c1cccc(F)c1Cl. The summed E-state index contributed by atoms with van der Waals surface area (Å²) in [7, 11) is 1.68. The summed E-state index contributed by atoms with van der Waals surface area (Å²) >= 11 is 11.3. The number of hydrogen-bond acceptors (Lipinski definition) is 1. The van der Waals surface area contributed by atoms with Crippen molar-refractivity contribution in [3.63, 3.8) is 0 Å². The Morgan fingerprint density at radius 2 is 2.06 bits per heavy atom. The number of carbonyl (C=O) groups is 1. The van der Waals surface area contributed by atoms with Gasteiger partial charge in [0.05, 0.1) is 10.6 Å². The third kappa shape index (κ3) is 4.14. The molecule has 18 heavy (non-hydrogen) atoms. The van der Waals surface area contributed by atoms with Crippen LogP contribution in [0.1, 0.15) is 29.6 Å². The van der Waals surface area contributed by atoms with Crippen LogP contribution < -0.4 is 0 Å². The van der Waals surface area contributed by atoms with E-state index in [0.29, 0.717) is 12.4 Å². The highest BCUT2D eigenvalue weighted by molar-refractivity contribution is 6.33. The lowest BCUT2D eigenvalue weighted by Crippen LogP contribution is -2.28. The molecule has 0 atom stereocenters. The fourth-order valence-electron chi connectivity index (χ4n) is 1.60. The third-order valence-corrected chi connectivity index (χ3v) is 3.31. The zero-order chi connectivity index (χ0) is 13.5. The van der Waals surface area contributed by atoms with Gasteiger partial charge in [0.15, 0.2) is 0 Å². The van der Waals surface area contributed by atoms with Gasteiger partial charge in [0, 0.05) is 19.5 Å². The predicted octanol–water partition coefficient (Wildman–Crippen LogP) is 3.96. The van der Waals surface area contributed by atoms with Crippen LogP contribution in [0, 0.1) is 5.82 Å². The first kappa shape index (κ1) is 15.3. The molecule has 100 valence electrons. The first-order valence-electron chi connectivity index (χ1n) is 5.83. The standard InChI is InChI=1S/C13H16Cl2FNO/c1-17(9-4-2-3-8-14)13(18)10-6-5-7-11(16)12(10)15/h5-7H,2-4,8-9H2,1H3. The summed E-state index contributed by atoms with van der Waals surface area (Å²) in [4.78, 5) is 13.6. The van der Waals surface area contributed by atoms with Crippen LogP contribution in [0.2, 0.25) is 5.02 Å². The molecule has 0 aromatic heterocycles. The van der Waals surface area contributed by atoms with E-state index >= 15 is 0 Å². The molecule has 0 bridgehead atoms. The molecule has 1 aromatic rings. The van der Waals surface area contributed by atoms with E-state index in [9.17, 15) is 9.18 Å². The molecule has 0 aliphatic rings. The highest BCUT2D eigenvalue weighted by Crippen LogP contribution is 2.20. The molecule has 5 heteroatoms. The Kier molecular flexibility index (Phi) is 6.44. The predicted molar refractivity (Wildman–Crippen MR) is 72.9 cm³/mol. The lowest BCUT2D eigenvalue weighted by atomic mass is 10.2. The lowest BCUT2D eigenvalue weighted by molar-refractivity contribution is 0.0792. The zero-order valence-corrected chi connectivity index (χ0v) is 11.8. The fourth-order valence-corrected chi connectivity index (χ4v) is 1.99. The van der Waals surface area contributed by atoms with E-state index in [4.69, 9.17) is 23.2 Å². The summed E-state index contributed by atoms with van der Waals surface area (Å²) in [5, 5.41) is -0.116. The maximum atomic E-state index is 13.2. The van der Waals surface area contributed by atoms with Crippen LogP contribution in [0.4, 0.5) is 4.39 Å². The molecular weight excluding hydrogens is 276 g/mol. The van der Waals surface area contributed by atoms with Gasteiger partial charge in [0.25, 0.3) is 5.91 Å². The Bertz CT molecular complexity index is 412. The number of benzene rings is 1. The molecule has 0 N–H and O–H groups in total. The van der Waals surface area contributed by atoms with Crippen molar-refractivity contribution in [2.45, 2.75) is 19.3 Å². The van der Waals surface area contributed by atoms with E-state index < -0.39 is 5.82 Å². The van der Waals surface area contributed by atoms with E-state index in [1.54, 1.807) is 11.9 Å². The second kappa shape index (κ2) is 7.59. The molecule has 1 aromatic carbocycles. The van der Waals surface area contributed by atoms with Gasteiger partial charge in [-0.15, -0.1) is 11.6 Å². The Morgan fingerprint density at radius 1 is 1.33 bits per heavy atom. The molecule has 2 nitrogen and oxygen atoms in total. The van der Waals surface area contributed by atoms with Crippen LogP contribution in [0.5, 0.6) is 0 Å². The van der Waals surface area contributed by atoms with Crippen LogP contribution in [0.25, 0.3) is 0 Å². The zero-order valence-electron chi connectivity index (χ0n) is 10.3. The fraction of sp³-hybridized carbons (Fsp3) is 0.462. The molecule has 0 fully saturated rings. The number of alkyl halides is 1. The number of unbranched alkanes of at least 4 members (excludes halogenated alkanes) is 2. The summed E-state index contributed by atoms with van der Waals surface area (Å²) in [6.45, 7) is 0.614. The number of carbonyl (C=O) groups excluding carboxylic acids is 1. The summed E-state index contributed by atoms with van der Waals surface area (Å²) in [5.41, 5.74) is 0.205. The van der Waals surface area contributed by atoms with Gasteiger partial charge in [0.2, 0.25) is 0 Å². The van der Waals surface area contributed by atoms with Crippen molar-refractivity contribution in [1.82, 2.24) is 4.90 Å². The van der Waals surface area contributed by atoms with Gasteiger partial charge in [-0.25, -0.2) is 4.39 Å².